The van der Waals surface area contributed by atoms with Crippen molar-refractivity contribution in [2.45, 2.75) is 25.8 Å². The van der Waals surface area contributed by atoms with Crippen LogP contribution in [0.2, 0.25) is 0 Å². The van der Waals surface area contributed by atoms with Crippen molar-refractivity contribution in [2.75, 3.05) is 26.7 Å². The minimum Gasteiger partial charge on any atom is -0.480 e. The number of piperidine rings is 1. The van der Waals surface area contributed by atoms with Crippen LogP contribution < -0.4 is 10.1 Å². The van der Waals surface area contributed by atoms with Crippen LogP contribution in [0.5, 0.6) is 5.88 Å². The molecule has 0 saturated carbocycles. The summed E-state index contributed by atoms with van der Waals surface area (Å²) in [7, 11) is 1.51. The molecule has 1 fully saturated rings. The second kappa shape index (κ2) is 8.95. The number of nitrogens with one attached hydrogen (secondary N) is 1. The van der Waals surface area contributed by atoms with E-state index < -0.39 is 0 Å². The number of nitrogens with zero attached hydrogens (tertiary/aromatic N) is 2. The zero-order valence-electron chi connectivity index (χ0n) is 15.8. The topological polar surface area (TPSA) is 54.5 Å². The number of rotatable bonds is 6. The maximum Gasteiger partial charge on any atom is 0.256 e. The molecule has 2 aromatic rings. The van der Waals surface area contributed by atoms with Gasteiger partial charge in [0.1, 0.15) is 11.4 Å². The molecule has 0 radical (unpaired) electrons. The third kappa shape index (κ3) is 4.83. The van der Waals surface area contributed by atoms with Crippen LogP contribution in [0.1, 0.15) is 41.7 Å². The fourth-order valence-electron chi connectivity index (χ4n) is 3.56. The van der Waals surface area contributed by atoms with Gasteiger partial charge in [-0.3, -0.25) is 9.69 Å². The number of likely N-dealkylation sites (tertiary alicyclic amines) is 1. The van der Waals surface area contributed by atoms with Crippen molar-refractivity contribution in [3.8, 4) is 5.88 Å². The van der Waals surface area contributed by atoms with Crippen LogP contribution >= 0.6 is 0 Å². The Morgan fingerprint density at radius 3 is 2.67 bits per heavy atom. The summed E-state index contributed by atoms with van der Waals surface area (Å²) in [5, 5.41) is 3.01. The first-order chi connectivity index (χ1) is 13.1. The average Bonchev–Trinajstić information content (AvgIpc) is 2.72. The SMILES string of the molecule is COc1ncccc1C(=O)NCC1CCN(C(C)c2ccc(F)cc2)CC1. The van der Waals surface area contributed by atoms with Crippen LogP contribution in [0.4, 0.5) is 4.39 Å². The molecule has 1 aliphatic rings. The number of hydrogen-bond donors (Lipinski definition) is 1. The van der Waals surface area contributed by atoms with E-state index in [4.69, 9.17) is 4.74 Å². The van der Waals surface area contributed by atoms with Crippen molar-refractivity contribution < 1.29 is 13.9 Å². The minimum atomic E-state index is -0.203. The van der Waals surface area contributed by atoms with Crippen LogP contribution in [-0.4, -0.2) is 42.5 Å². The van der Waals surface area contributed by atoms with E-state index in [2.05, 4.69) is 22.1 Å². The summed E-state index contributed by atoms with van der Waals surface area (Å²) >= 11 is 0. The van der Waals surface area contributed by atoms with Crippen LogP contribution in [0.15, 0.2) is 42.6 Å². The molecular weight excluding hydrogens is 345 g/mol. The standard InChI is InChI=1S/C21H26FN3O2/c1-15(17-5-7-18(22)8-6-17)25-12-9-16(10-13-25)14-24-20(26)19-4-3-11-23-21(19)27-2/h3-8,11,15-16H,9-10,12-14H2,1-2H3,(H,24,26). The van der Waals surface area contributed by atoms with Gasteiger partial charge < -0.3 is 10.1 Å². The van der Waals surface area contributed by atoms with Gasteiger partial charge in [-0.25, -0.2) is 9.37 Å². The molecular formula is C21H26FN3O2. The van der Waals surface area contributed by atoms with Gasteiger partial charge in [0.15, 0.2) is 0 Å². The first-order valence-corrected chi connectivity index (χ1v) is 9.35. The number of benzene rings is 1. The Hall–Kier alpha value is -2.47. The maximum atomic E-state index is 13.1. The highest BCUT2D eigenvalue weighted by Crippen LogP contribution is 2.26. The van der Waals surface area contributed by atoms with E-state index in [-0.39, 0.29) is 17.8 Å². The Morgan fingerprint density at radius 1 is 1.30 bits per heavy atom. The Bertz CT molecular complexity index is 758. The highest BCUT2D eigenvalue weighted by Gasteiger charge is 2.24. The van der Waals surface area contributed by atoms with Crippen molar-refractivity contribution >= 4 is 5.91 Å². The lowest BCUT2D eigenvalue weighted by molar-refractivity contribution is 0.0923. The molecule has 1 amide bonds. The Morgan fingerprint density at radius 2 is 2.00 bits per heavy atom. The van der Waals surface area contributed by atoms with Crippen molar-refractivity contribution in [2.24, 2.45) is 5.92 Å². The highest BCUT2D eigenvalue weighted by atomic mass is 19.1. The number of hydrogen-bond acceptors (Lipinski definition) is 4. The Kier molecular flexibility index (Phi) is 6.40. The third-order valence-corrected chi connectivity index (χ3v) is 5.31. The fraction of sp³-hybridized carbons (Fsp3) is 0.429. The van der Waals surface area contributed by atoms with Crippen molar-refractivity contribution in [1.82, 2.24) is 15.2 Å². The van der Waals surface area contributed by atoms with Gasteiger partial charge in [-0.05, 0) is 68.6 Å². The summed E-state index contributed by atoms with van der Waals surface area (Å²) in [5.74, 6) is 0.443. The first kappa shape index (κ1) is 19.3. The molecule has 3 rings (SSSR count). The van der Waals surface area contributed by atoms with Gasteiger partial charge in [0.05, 0.1) is 7.11 Å². The van der Waals surface area contributed by atoms with Gasteiger partial charge in [-0.1, -0.05) is 12.1 Å². The molecule has 144 valence electrons. The number of pyridine rings is 1. The molecule has 1 aromatic carbocycles. The number of aromatic nitrogens is 1. The zero-order chi connectivity index (χ0) is 19.2. The molecule has 5 nitrogen and oxygen atoms in total. The van der Waals surface area contributed by atoms with Crippen LogP contribution in [0.3, 0.4) is 0 Å². The summed E-state index contributed by atoms with van der Waals surface area (Å²) < 4.78 is 18.3. The molecule has 0 bridgehead atoms. The summed E-state index contributed by atoms with van der Waals surface area (Å²) in [6.07, 6.45) is 3.65. The van der Waals surface area contributed by atoms with E-state index in [1.54, 1.807) is 18.3 Å². The second-order valence-corrected chi connectivity index (χ2v) is 6.98. The number of halogens is 1. The quantitative estimate of drug-likeness (QED) is 0.845. The molecule has 0 aliphatic carbocycles. The smallest absolute Gasteiger partial charge is 0.256 e. The van der Waals surface area contributed by atoms with E-state index in [1.165, 1.54) is 19.2 Å². The van der Waals surface area contributed by atoms with Gasteiger partial charge in [0, 0.05) is 18.8 Å². The first-order valence-electron chi connectivity index (χ1n) is 9.35. The lowest BCUT2D eigenvalue weighted by Crippen LogP contribution is -2.39. The van der Waals surface area contributed by atoms with E-state index in [9.17, 15) is 9.18 Å². The molecule has 1 atom stereocenters. The van der Waals surface area contributed by atoms with Crippen LogP contribution in [0, 0.1) is 11.7 Å². The Balaban J connectivity index is 1.48. The fourth-order valence-corrected chi connectivity index (χ4v) is 3.56. The molecule has 0 spiro atoms. The predicted octanol–water partition coefficient (Wildman–Crippen LogP) is 3.43. The van der Waals surface area contributed by atoms with E-state index in [0.717, 1.165) is 31.5 Å². The predicted molar refractivity (Wildman–Crippen MR) is 102 cm³/mol. The molecule has 1 unspecified atom stereocenters. The number of amides is 1. The lowest BCUT2D eigenvalue weighted by atomic mass is 9.94. The van der Waals surface area contributed by atoms with Gasteiger partial charge in [0.2, 0.25) is 5.88 Å². The van der Waals surface area contributed by atoms with E-state index in [0.29, 0.717) is 23.9 Å². The molecule has 1 aliphatic heterocycles. The van der Waals surface area contributed by atoms with Gasteiger partial charge in [-0.2, -0.15) is 0 Å². The second-order valence-electron chi connectivity index (χ2n) is 6.98. The number of ether oxygens (including phenoxy) is 1. The van der Waals surface area contributed by atoms with E-state index >= 15 is 0 Å². The lowest BCUT2D eigenvalue weighted by Gasteiger charge is -2.36. The average molecular weight is 371 g/mol. The van der Waals surface area contributed by atoms with Crippen molar-refractivity contribution in [1.29, 1.82) is 0 Å². The molecule has 2 heterocycles. The minimum absolute atomic E-state index is 0.151. The number of carbonyl (C=O) groups excluding carboxylic acids is 1. The van der Waals surface area contributed by atoms with Crippen LogP contribution in [0.25, 0.3) is 0 Å². The largest absolute Gasteiger partial charge is 0.480 e. The maximum absolute atomic E-state index is 13.1. The zero-order valence-corrected chi connectivity index (χ0v) is 15.8. The Labute approximate surface area is 159 Å². The van der Waals surface area contributed by atoms with Crippen molar-refractivity contribution in [3.63, 3.8) is 0 Å². The van der Waals surface area contributed by atoms with E-state index in [1.807, 2.05) is 12.1 Å². The summed E-state index contributed by atoms with van der Waals surface area (Å²) in [6.45, 7) is 4.74. The molecule has 27 heavy (non-hydrogen) atoms. The molecule has 6 heteroatoms. The summed E-state index contributed by atoms with van der Waals surface area (Å²) in [6, 6.07) is 10.4. The third-order valence-electron chi connectivity index (χ3n) is 5.31. The van der Waals surface area contributed by atoms with Gasteiger partial charge in [0.25, 0.3) is 5.91 Å². The normalized spacial score (nSPS) is 16.7. The van der Waals surface area contributed by atoms with Gasteiger partial charge >= 0.3 is 0 Å². The summed E-state index contributed by atoms with van der Waals surface area (Å²) in [4.78, 5) is 18.9. The highest BCUT2D eigenvalue weighted by molar-refractivity contribution is 5.96. The van der Waals surface area contributed by atoms with Gasteiger partial charge in [-0.15, -0.1) is 0 Å². The molecule has 1 saturated heterocycles. The van der Waals surface area contributed by atoms with Crippen molar-refractivity contribution in [3.05, 3.63) is 59.5 Å². The molecule has 1 N–H and O–H groups in total. The summed E-state index contributed by atoms with van der Waals surface area (Å²) in [5.41, 5.74) is 1.59. The monoisotopic (exact) mass is 371 g/mol. The molecule has 1 aromatic heterocycles. The van der Waals surface area contributed by atoms with Crippen LogP contribution in [-0.2, 0) is 0 Å². The number of carbonyl (C=O) groups is 1. The number of methoxy groups -OCH3 is 1.